The van der Waals surface area contributed by atoms with Gasteiger partial charge < -0.3 is 20.7 Å². The second-order valence-electron chi connectivity index (χ2n) is 11.0. The molecule has 0 spiro atoms. The van der Waals surface area contributed by atoms with Gasteiger partial charge in [-0.25, -0.2) is 4.79 Å². The Bertz CT molecular complexity index is 1800. The van der Waals surface area contributed by atoms with Crippen molar-refractivity contribution in [1.29, 1.82) is 0 Å². The molecule has 1 aromatic heterocycles. The van der Waals surface area contributed by atoms with Gasteiger partial charge in [0.05, 0.1) is 17.9 Å². The lowest BCUT2D eigenvalue weighted by Crippen LogP contribution is -2.30. The van der Waals surface area contributed by atoms with E-state index in [2.05, 4.69) is 16.0 Å². The Kier molecular flexibility index (Phi) is 11.6. The maximum atomic E-state index is 13.5. The molecule has 0 atom stereocenters. The zero-order chi connectivity index (χ0) is 33.2. The highest BCUT2D eigenvalue weighted by molar-refractivity contribution is 8.00. The second kappa shape index (κ2) is 16.2. The van der Waals surface area contributed by atoms with Gasteiger partial charge in [-0.2, -0.15) is 0 Å². The van der Waals surface area contributed by atoms with Crippen molar-refractivity contribution < 1.29 is 23.9 Å². The molecular weight excluding hydrogens is 631 g/mol. The maximum Gasteiger partial charge on any atom is 0.341 e. The van der Waals surface area contributed by atoms with Gasteiger partial charge in [-0.15, -0.1) is 23.1 Å². The zero-order valence-corrected chi connectivity index (χ0v) is 28.0. The molecule has 10 heteroatoms. The molecule has 0 saturated heterocycles. The number of hydrogen-bond acceptors (Lipinski definition) is 7. The first kappa shape index (κ1) is 33.7. The van der Waals surface area contributed by atoms with Crippen LogP contribution in [0.15, 0.2) is 89.5 Å². The molecule has 47 heavy (non-hydrogen) atoms. The molecule has 1 aliphatic carbocycles. The van der Waals surface area contributed by atoms with Gasteiger partial charge in [0.15, 0.2) is 0 Å². The number of rotatable bonds is 11. The molecule has 0 unspecified atom stereocenters. The number of esters is 1. The highest BCUT2D eigenvalue weighted by atomic mass is 32.2. The van der Waals surface area contributed by atoms with Crippen LogP contribution < -0.4 is 16.0 Å². The van der Waals surface area contributed by atoms with E-state index in [1.807, 2.05) is 43.3 Å². The van der Waals surface area contributed by atoms with E-state index in [4.69, 9.17) is 4.74 Å². The molecule has 3 aromatic carbocycles. The predicted octanol–water partition coefficient (Wildman–Crippen LogP) is 7.64. The quantitative estimate of drug-likeness (QED) is 0.0656. The molecule has 0 bridgehead atoms. The average Bonchev–Trinajstić information content (AvgIpc) is 3.24. The van der Waals surface area contributed by atoms with Gasteiger partial charge in [-0.05, 0) is 92.6 Å². The lowest BCUT2D eigenvalue weighted by atomic mass is 10.1. The number of hydrogen-bond donors (Lipinski definition) is 3. The minimum absolute atomic E-state index is 0.0948. The van der Waals surface area contributed by atoms with Crippen LogP contribution in [-0.4, -0.2) is 36.1 Å². The molecule has 3 amide bonds. The number of carbonyl (C=O) groups excluding carboxylic acids is 4. The fourth-order valence-corrected chi connectivity index (χ4v) is 7.32. The maximum absolute atomic E-state index is 13.5. The molecule has 0 aliphatic heterocycles. The number of amides is 3. The van der Waals surface area contributed by atoms with Gasteiger partial charge in [0.1, 0.15) is 10.7 Å². The van der Waals surface area contributed by atoms with Crippen LogP contribution in [0.5, 0.6) is 0 Å². The molecule has 242 valence electrons. The number of anilines is 2. The summed E-state index contributed by atoms with van der Waals surface area (Å²) in [6.45, 7) is 3.97. The summed E-state index contributed by atoms with van der Waals surface area (Å²) >= 11 is 2.78. The summed E-state index contributed by atoms with van der Waals surface area (Å²) in [4.78, 5) is 54.4. The van der Waals surface area contributed by atoms with E-state index < -0.39 is 17.8 Å². The Labute approximate surface area is 283 Å². The molecule has 1 aliphatic rings. The SMILES string of the molecule is CCOC(=O)c1c(NC(=O)CSc2cccc(NC(=O)/C(=C/c3ccccc3C)NC(=O)c3ccccc3)c2)sc2c1CCCCC2. The normalized spacial score (nSPS) is 12.8. The fourth-order valence-electron chi connectivity index (χ4n) is 5.27. The van der Waals surface area contributed by atoms with Gasteiger partial charge in [-0.3, -0.25) is 14.4 Å². The lowest BCUT2D eigenvalue weighted by molar-refractivity contribution is -0.114. The zero-order valence-electron chi connectivity index (χ0n) is 26.4. The van der Waals surface area contributed by atoms with Gasteiger partial charge in [0.25, 0.3) is 11.8 Å². The monoisotopic (exact) mass is 667 g/mol. The lowest BCUT2D eigenvalue weighted by Gasteiger charge is -2.13. The van der Waals surface area contributed by atoms with Gasteiger partial charge in [0.2, 0.25) is 5.91 Å². The minimum atomic E-state index is -0.485. The molecule has 3 N–H and O–H groups in total. The number of aryl methyl sites for hydroxylation is 2. The predicted molar refractivity (Wildman–Crippen MR) is 189 cm³/mol. The molecule has 8 nitrogen and oxygen atoms in total. The Hall–Kier alpha value is -4.67. The van der Waals surface area contributed by atoms with Crippen LogP contribution >= 0.6 is 23.1 Å². The summed E-state index contributed by atoms with van der Waals surface area (Å²) < 4.78 is 5.34. The third-order valence-corrected chi connectivity index (χ3v) is 9.83. The molecular formula is C37H37N3O5S2. The number of thiophene rings is 1. The van der Waals surface area contributed by atoms with E-state index in [1.165, 1.54) is 23.1 Å². The smallest absolute Gasteiger partial charge is 0.341 e. The molecule has 0 saturated carbocycles. The van der Waals surface area contributed by atoms with Crippen molar-refractivity contribution in [1.82, 2.24) is 5.32 Å². The largest absolute Gasteiger partial charge is 0.462 e. The van der Waals surface area contributed by atoms with Gasteiger partial charge >= 0.3 is 5.97 Å². The summed E-state index contributed by atoms with van der Waals surface area (Å²) in [6.07, 6.45) is 6.55. The molecule has 4 aromatic rings. The number of ether oxygens (including phenoxy) is 1. The van der Waals surface area contributed by atoms with Crippen molar-refractivity contribution in [2.75, 3.05) is 23.0 Å². The van der Waals surface area contributed by atoms with Crippen LogP contribution in [0.4, 0.5) is 10.7 Å². The van der Waals surface area contributed by atoms with Crippen LogP contribution in [0, 0.1) is 6.92 Å². The minimum Gasteiger partial charge on any atom is -0.462 e. The summed E-state index contributed by atoms with van der Waals surface area (Å²) in [6, 6.07) is 23.5. The number of fused-ring (bicyclic) bond motifs is 1. The fraction of sp³-hybridized carbons (Fsp3) is 0.243. The van der Waals surface area contributed by atoms with Crippen molar-refractivity contribution in [3.63, 3.8) is 0 Å². The Morgan fingerprint density at radius 1 is 0.894 bits per heavy atom. The Morgan fingerprint density at radius 2 is 1.66 bits per heavy atom. The molecule has 1 heterocycles. The van der Waals surface area contributed by atoms with Crippen molar-refractivity contribution in [3.8, 4) is 0 Å². The van der Waals surface area contributed by atoms with E-state index >= 15 is 0 Å². The van der Waals surface area contributed by atoms with Crippen molar-refractivity contribution in [2.24, 2.45) is 0 Å². The first-order valence-electron chi connectivity index (χ1n) is 15.6. The Balaban J connectivity index is 1.27. The third-order valence-electron chi connectivity index (χ3n) is 7.63. The van der Waals surface area contributed by atoms with Crippen LogP contribution in [0.1, 0.15) is 68.5 Å². The number of carbonyl (C=O) groups is 4. The summed E-state index contributed by atoms with van der Waals surface area (Å²) in [7, 11) is 0. The first-order valence-corrected chi connectivity index (χ1v) is 17.4. The highest BCUT2D eigenvalue weighted by Gasteiger charge is 2.26. The molecule has 0 radical (unpaired) electrons. The van der Waals surface area contributed by atoms with Crippen LogP contribution in [0.25, 0.3) is 6.08 Å². The van der Waals surface area contributed by atoms with Crippen LogP contribution in [0.3, 0.4) is 0 Å². The third kappa shape index (κ3) is 8.99. The second-order valence-corrected chi connectivity index (χ2v) is 13.2. The average molecular weight is 668 g/mol. The number of nitrogens with one attached hydrogen (secondary N) is 3. The molecule has 0 fully saturated rings. The number of thioether (sulfide) groups is 1. The van der Waals surface area contributed by atoms with Crippen LogP contribution in [-0.2, 0) is 27.2 Å². The van der Waals surface area contributed by atoms with E-state index in [9.17, 15) is 19.2 Å². The van der Waals surface area contributed by atoms with Gasteiger partial charge in [-0.1, -0.05) is 55.0 Å². The van der Waals surface area contributed by atoms with Crippen molar-refractivity contribution in [3.05, 3.63) is 117 Å². The van der Waals surface area contributed by atoms with Crippen LogP contribution in [0.2, 0.25) is 0 Å². The summed E-state index contributed by atoms with van der Waals surface area (Å²) in [5, 5.41) is 9.16. The van der Waals surface area contributed by atoms with E-state index in [0.29, 0.717) is 21.8 Å². The van der Waals surface area contributed by atoms with Crippen molar-refractivity contribution >= 4 is 63.6 Å². The van der Waals surface area contributed by atoms with E-state index in [0.717, 1.165) is 58.6 Å². The highest BCUT2D eigenvalue weighted by Crippen LogP contribution is 2.38. The molecule has 5 rings (SSSR count). The standard InChI is InChI=1S/C37H37N3O5S2/c1-3-45-37(44)33-29-19-8-5-9-20-31(29)47-36(33)40-32(41)23-46-28-18-12-17-27(22-28)38-35(43)30(21-26-16-11-10-13-24(26)2)39-34(42)25-14-6-4-7-15-25/h4,6-7,10-18,21-22H,3,5,8-9,19-20,23H2,1-2H3,(H,38,43)(H,39,42)(H,40,41)/b30-21-. The van der Waals surface area contributed by atoms with E-state index in [-0.39, 0.29) is 24.0 Å². The van der Waals surface area contributed by atoms with Crippen molar-refractivity contribution in [2.45, 2.75) is 50.8 Å². The topological polar surface area (TPSA) is 114 Å². The summed E-state index contributed by atoms with van der Waals surface area (Å²) in [5.74, 6) is -1.41. The van der Waals surface area contributed by atoms with Gasteiger partial charge in [0, 0.05) is 21.0 Å². The first-order chi connectivity index (χ1) is 22.8. The Morgan fingerprint density at radius 3 is 2.45 bits per heavy atom. The van der Waals surface area contributed by atoms with E-state index in [1.54, 1.807) is 55.5 Å². The number of benzene rings is 3. The summed E-state index contributed by atoms with van der Waals surface area (Å²) in [5.41, 5.74) is 4.29.